The summed E-state index contributed by atoms with van der Waals surface area (Å²) in [6, 6.07) is 4.24. The Kier molecular flexibility index (Phi) is 4.98. The van der Waals surface area contributed by atoms with Gasteiger partial charge < -0.3 is 11.1 Å². The second-order valence-corrected chi connectivity index (χ2v) is 6.51. The highest BCUT2D eigenvalue weighted by Gasteiger charge is 2.31. The zero-order valence-corrected chi connectivity index (χ0v) is 13.3. The van der Waals surface area contributed by atoms with E-state index in [-0.39, 0.29) is 0 Å². The highest BCUT2D eigenvalue weighted by Crippen LogP contribution is 2.26. The van der Waals surface area contributed by atoms with Crippen molar-refractivity contribution >= 4 is 39.3 Å². The van der Waals surface area contributed by atoms with Crippen molar-refractivity contribution in [3.8, 4) is 0 Å². The molecule has 4 nitrogen and oxygen atoms in total. The van der Waals surface area contributed by atoms with Crippen molar-refractivity contribution in [1.29, 1.82) is 0 Å². The quantitative estimate of drug-likeness (QED) is 0.882. The average Bonchev–Trinajstić information content (AvgIpc) is 2.27. The molecule has 0 aliphatic heterocycles. The summed E-state index contributed by atoms with van der Waals surface area (Å²) in [4.78, 5) is 23.6. The predicted octanol–water partition coefficient (Wildman–Crippen LogP) is 2.73. The minimum atomic E-state index is -0.768. The Morgan fingerprint density at radius 2 is 1.95 bits per heavy atom. The third-order valence-electron chi connectivity index (χ3n) is 2.62. The van der Waals surface area contributed by atoms with Gasteiger partial charge in [-0.1, -0.05) is 38.4 Å². The highest BCUT2D eigenvalue weighted by molar-refractivity contribution is 9.10. The third kappa shape index (κ3) is 3.94. The lowest BCUT2D eigenvalue weighted by atomic mass is 9.86. The van der Waals surface area contributed by atoms with Gasteiger partial charge in [0.25, 0.3) is 5.91 Å². The van der Waals surface area contributed by atoms with E-state index in [9.17, 15) is 9.59 Å². The fourth-order valence-electron chi connectivity index (χ4n) is 1.60. The summed E-state index contributed by atoms with van der Waals surface area (Å²) in [5.74, 6) is -1.00. The lowest BCUT2D eigenvalue weighted by Crippen LogP contribution is -2.52. The first-order chi connectivity index (χ1) is 8.64. The summed E-state index contributed by atoms with van der Waals surface area (Å²) >= 11 is 9.29. The highest BCUT2D eigenvalue weighted by atomic mass is 79.9. The van der Waals surface area contributed by atoms with Gasteiger partial charge in [-0.15, -0.1) is 0 Å². The summed E-state index contributed by atoms with van der Waals surface area (Å²) in [7, 11) is 0. The zero-order valence-electron chi connectivity index (χ0n) is 11.0. The molecule has 6 heteroatoms. The first-order valence-electron chi connectivity index (χ1n) is 5.68. The van der Waals surface area contributed by atoms with E-state index in [1.165, 1.54) is 0 Å². The van der Waals surface area contributed by atoms with Crippen LogP contribution in [0, 0.1) is 5.41 Å². The molecule has 1 aromatic carbocycles. The van der Waals surface area contributed by atoms with E-state index < -0.39 is 23.3 Å². The molecule has 0 aromatic heterocycles. The maximum atomic E-state index is 12.2. The molecule has 0 saturated carbocycles. The van der Waals surface area contributed by atoms with E-state index in [0.29, 0.717) is 15.1 Å². The molecule has 1 aromatic rings. The average molecular weight is 348 g/mol. The largest absolute Gasteiger partial charge is 0.368 e. The van der Waals surface area contributed by atoms with Crippen LogP contribution in [0.4, 0.5) is 0 Å². The van der Waals surface area contributed by atoms with Gasteiger partial charge in [0.05, 0.1) is 10.6 Å². The van der Waals surface area contributed by atoms with Crippen molar-refractivity contribution < 1.29 is 9.59 Å². The molecule has 0 fully saturated rings. The molecule has 0 bridgehead atoms. The number of nitrogens with one attached hydrogen (secondary N) is 1. The number of carbonyl (C=O) groups excluding carboxylic acids is 2. The number of rotatable bonds is 3. The molecular formula is C13H16BrClN2O2. The van der Waals surface area contributed by atoms with Crippen molar-refractivity contribution in [3.63, 3.8) is 0 Å². The molecule has 2 amide bonds. The number of hydrogen-bond donors (Lipinski definition) is 2. The summed E-state index contributed by atoms with van der Waals surface area (Å²) in [5, 5.41) is 2.92. The topological polar surface area (TPSA) is 72.2 Å². The van der Waals surface area contributed by atoms with Gasteiger partial charge in [0, 0.05) is 4.47 Å². The lowest BCUT2D eigenvalue weighted by Gasteiger charge is -2.28. The van der Waals surface area contributed by atoms with Crippen LogP contribution in [0.2, 0.25) is 5.02 Å². The van der Waals surface area contributed by atoms with Crippen molar-refractivity contribution in [2.45, 2.75) is 26.8 Å². The van der Waals surface area contributed by atoms with Gasteiger partial charge in [-0.25, -0.2) is 0 Å². The molecule has 0 saturated heterocycles. The molecule has 0 heterocycles. The van der Waals surface area contributed by atoms with Crippen molar-refractivity contribution in [3.05, 3.63) is 33.3 Å². The predicted molar refractivity (Wildman–Crippen MR) is 79.1 cm³/mol. The Labute approximate surface area is 125 Å². The number of amides is 2. The first kappa shape index (κ1) is 16.0. The van der Waals surface area contributed by atoms with Gasteiger partial charge in [0.15, 0.2) is 0 Å². The van der Waals surface area contributed by atoms with Gasteiger partial charge in [0.2, 0.25) is 5.91 Å². The monoisotopic (exact) mass is 346 g/mol. The number of hydrogen-bond acceptors (Lipinski definition) is 2. The van der Waals surface area contributed by atoms with Crippen LogP contribution in [-0.4, -0.2) is 17.9 Å². The van der Waals surface area contributed by atoms with E-state index in [1.807, 2.05) is 20.8 Å². The summed E-state index contributed by atoms with van der Waals surface area (Å²) in [5.41, 5.74) is 5.15. The second kappa shape index (κ2) is 5.92. The van der Waals surface area contributed by atoms with E-state index in [4.69, 9.17) is 17.3 Å². The molecule has 0 radical (unpaired) electrons. The number of nitrogens with two attached hydrogens (primary N) is 1. The Balaban J connectivity index is 3.02. The second-order valence-electron chi connectivity index (χ2n) is 5.28. The van der Waals surface area contributed by atoms with Crippen LogP contribution in [0.1, 0.15) is 31.1 Å². The van der Waals surface area contributed by atoms with Gasteiger partial charge in [-0.05, 0) is 33.5 Å². The molecule has 1 atom stereocenters. The smallest absolute Gasteiger partial charge is 0.253 e. The molecule has 19 heavy (non-hydrogen) atoms. The maximum Gasteiger partial charge on any atom is 0.253 e. The maximum absolute atomic E-state index is 12.2. The fourth-order valence-corrected chi connectivity index (χ4v) is 2.18. The molecule has 1 rings (SSSR count). The molecular weight excluding hydrogens is 332 g/mol. The molecule has 3 N–H and O–H groups in total. The van der Waals surface area contributed by atoms with Crippen LogP contribution in [-0.2, 0) is 4.79 Å². The first-order valence-corrected chi connectivity index (χ1v) is 6.86. The molecule has 104 valence electrons. The minimum absolute atomic E-state index is 0.298. The van der Waals surface area contributed by atoms with E-state index in [1.54, 1.807) is 18.2 Å². The number of halogens is 2. The van der Waals surface area contributed by atoms with Crippen LogP contribution >= 0.6 is 27.5 Å². The number of benzene rings is 1. The Hall–Kier alpha value is -1.07. The minimum Gasteiger partial charge on any atom is -0.368 e. The molecule has 0 aliphatic carbocycles. The van der Waals surface area contributed by atoms with Gasteiger partial charge in [-0.3, -0.25) is 9.59 Å². The van der Waals surface area contributed by atoms with Crippen molar-refractivity contribution in [1.82, 2.24) is 5.32 Å². The molecule has 0 unspecified atom stereocenters. The van der Waals surface area contributed by atoms with Gasteiger partial charge >= 0.3 is 0 Å². The SMILES string of the molecule is CC(C)(C)[C@H](NC(=O)c1cccc(Br)c1Cl)C(N)=O. The number of carbonyl (C=O) groups is 2. The van der Waals surface area contributed by atoms with E-state index >= 15 is 0 Å². The standard InChI is InChI=1S/C13H16BrClN2O2/c1-13(2,3)10(11(16)18)17-12(19)7-5-4-6-8(14)9(7)15/h4-6,10H,1-3H3,(H2,16,18)(H,17,19)/t10-/m1/s1. The number of primary amides is 1. The summed E-state index contributed by atoms with van der Waals surface area (Å²) in [6.45, 7) is 5.47. The van der Waals surface area contributed by atoms with Crippen LogP contribution in [0.25, 0.3) is 0 Å². The van der Waals surface area contributed by atoms with Gasteiger partial charge in [-0.2, -0.15) is 0 Å². The third-order valence-corrected chi connectivity index (χ3v) is 3.92. The van der Waals surface area contributed by atoms with Crippen molar-refractivity contribution in [2.75, 3.05) is 0 Å². The summed E-state index contributed by atoms with van der Waals surface area (Å²) in [6.07, 6.45) is 0. The summed E-state index contributed by atoms with van der Waals surface area (Å²) < 4.78 is 0.619. The van der Waals surface area contributed by atoms with Crippen LogP contribution in [0.5, 0.6) is 0 Å². The van der Waals surface area contributed by atoms with Gasteiger partial charge in [0.1, 0.15) is 6.04 Å². The fraction of sp³-hybridized carbons (Fsp3) is 0.385. The molecule has 0 spiro atoms. The van der Waals surface area contributed by atoms with Crippen LogP contribution in [0.3, 0.4) is 0 Å². The van der Waals surface area contributed by atoms with E-state index in [0.717, 1.165) is 0 Å². The Bertz CT molecular complexity index is 512. The Morgan fingerprint density at radius 1 is 1.37 bits per heavy atom. The van der Waals surface area contributed by atoms with Crippen LogP contribution in [0.15, 0.2) is 22.7 Å². The van der Waals surface area contributed by atoms with E-state index in [2.05, 4.69) is 21.2 Å². The van der Waals surface area contributed by atoms with Crippen LogP contribution < -0.4 is 11.1 Å². The zero-order chi connectivity index (χ0) is 14.8. The lowest BCUT2D eigenvalue weighted by molar-refractivity contribution is -0.122. The van der Waals surface area contributed by atoms with Crippen molar-refractivity contribution in [2.24, 2.45) is 11.1 Å². The molecule has 0 aliphatic rings. The Morgan fingerprint density at radius 3 is 2.42 bits per heavy atom. The normalized spacial score (nSPS) is 12.9.